The first-order chi connectivity index (χ1) is 13.8. The van der Waals surface area contributed by atoms with E-state index in [4.69, 9.17) is 16.3 Å². The zero-order valence-corrected chi connectivity index (χ0v) is 18.0. The number of benzene rings is 2. The average Bonchev–Trinajstić information content (AvgIpc) is 2.69. The van der Waals surface area contributed by atoms with Crippen LogP contribution in [0.4, 0.5) is 15.8 Å². The molecule has 0 unspecified atom stereocenters. The maximum atomic E-state index is 14.0. The number of anilines is 2. The molecular weight excluding hydrogens is 463 g/mol. The summed E-state index contributed by atoms with van der Waals surface area (Å²) in [7, 11) is 0. The number of aliphatic hydroxyl groups is 1. The molecule has 5 nitrogen and oxygen atoms in total. The Morgan fingerprint density at radius 1 is 1.24 bits per heavy atom. The molecule has 0 atom stereocenters. The lowest BCUT2D eigenvalue weighted by molar-refractivity contribution is -0.116. The normalized spacial score (nSPS) is 18.2. The number of rotatable bonds is 4. The molecule has 8 heteroatoms. The minimum Gasteiger partial charge on any atom is -0.490 e. The Kier molecular flexibility index (Phi) is 5.73. The van der Waals surface area contributed by atoms with Crippen LogP contribution in [-0.4, -0.2) is 36.3 Å². The average molecular weight is 484 g/mol. The maximum absolute atomic E-state index is 14.0. The number of halogens is 3. The van der Waals surface area contributed by atoms with Gasteiger partial charge in [0.25, 0.3) is 0 Å². The maximum Gasteiger partial charge on any atom is 0.224 e. The molecule has 29 heavy (non-hydrogen) atoms. The van der Waals surface area contributed by atoms with Crippen LogP contribution in [0.3, 0.4) is 0 Å². The number of amides is 1. The summed E-state index contributed by atoms with van der Waals surface area (Å²) in [6.07, 6.45) is 1.80. The Bertz CT molecular complexity index is 948. The molecule has 2 N–H and O–H groups in total. The van der Waals surface area contributed by atoms with Crippen LogP contribution < -0.4 is 15.0 Å². The molecule has 0 saturated carbocycles. The van der Waals surface area contributed by atoms with Crippen LogP contribution in [0.15, 0.2) is 34.8 Å². The molecule has 2 aliphatic heterocycles. The van der Waals surface area contributed by atoms with Gasteiger partial charge in [-0.25, -0.2) is 4.39 Å². The highest BCUT2D eigenvalue weighted by molar-refractivity contribution is 9.10. The second-order valence-electron chi connectivity index (χ2n) is 7.54. The highest BCUT2D eigenvalue weighted by atomic mass is 79.9. The molecule has 2 aromatic rings. The summed E-state index contributed by atoms with van der Waals surface area (Å²) in [5.41, 5.74) is 0.916. The van der Waals surface area contributed by atoms with Crippen molar-refractivity contribution < 1.29 is 19.0 Å². The van der Waals surface area contributed by atoms with E-state index in [0.29, 0.717) is 55.1 Å². The van der Waals surface area contributed by atoms with E-state index in [1.165, 1.54) is 6.07 Å². The molecule has 0 bridgehead atoms. The number of piperidine rings is 1. The molecule has 0 spiro atoms. The molecule has 1 amide bonds. The lowest BCUT2D eigenvalue weighted by Crippen LogP contribution is -2.48. The summed E-state index contributed by atoms with van der Waals surface area (Å²) in [6, 6.07) is 8.52. The van der Waals surface area contributed by atoms with Gasteiger partial charge in [0.1, 0.15) is 23.8 Å². The number of carbonyl (C=O) groups excluding carboxylic acids is 1. The highest BCUT2D eigenvalue weighted by Crippen LogP contribution is 2.36. The van der Waals surface area contributed by atoms with Crippen molar-refractivity contribution in [3.63, 3.8) is 0 Å². The molecule has 0 aliphatic carbocycles. The third kappa shape index (κ3) is 4.37. The summed E-state index contributed by atoms with van der Waals surface area (Å²) in [6.45, 7) is 1.48. The summed E-state index contributed by atoms with van der Waals surface area (Å²) in [4.78, 5) is 13.8. The quantitative estimate of drug-likeness (QED) is 0.670. The molecule has 2 aromatic carbocycles. The minimum absolute atomic E-state index is 0.120. The Morgan fingerprint density at radius 3 is 2.72 bits per heavy atom. The standard InChI is InChI=1S/C21H21BrClFN2O3/c22-15-11-13(23)1-4-17(15)26-9-7-21(28,8-10-26)12-29-18-5-3-16(24)20-14(18)2-6-19(27)25-20/h1,3-5,11,28H,2,6-10,12H2,(H,25,27). The van der Waals surface area contributed by atoms with Crippen LogP contribution in [0.5, 0.6) is 5.75 Å². The van der Waals surface area contributed by atoms with Gasteiger partial charge in [0.15, 0.2) is 0 Å². The third-order valence-electron chi connectivity index (χ3n) is 5.53. The van der Waals surface area contributed by atoms with Gasteiger partial charge in [0.05, 0.1) is 11.4 Å². The van der Waals surface area contributed by atoms with Crippen LogP contribution in [0.1, 0.15) is 24.8 Å². The number of nitrogens with zero attached hydrogens (tertiary/aromatic N) is 1. The molecule has 2 heterocycles. The van der Waals surface area contributed by atoms with Gasteiger partial charge in [0, 0.05) is 34.6 Å². The molecular formula is C21H21BrClFN2O3. The van der Waals surface area contributed by atoms with E-state index in [1.54, 1.807) is 6.07 Å². The van der Waals surface area contributed by atoms with Crippen molar-refractivity contribution in [2.75, 3.05) is 29.9 Å². The van der Waals surface area contributed by atoms with E-state index < -0.39 is 11.4 Å². The number of carbonyl (C=O) groups is 1. The minimum atomic E-state index is -0.964. The second kappa shape index (κ2) is 8.13. The predicted octanol–water partition coefficient (Wildman–Crippen LogP) is 4.54. The molecule has 1 saturated heterocycles. The molecule has 0 radical (unpaired) electrons. The number of hydrogen-bond acceptors (Lipinski definition) is 4. The largest absolute Gasteiger partial charge is 0.490 e. The van der Waals surface area contributed by atoms with Crippen LogP contribution in [0.2, 0.25) is 5.02 Å². The van der Waals surface area contributed by atoms with Crippen molar-refractivity contribution in [1.82, 2.24) is 0 Å². The number of fused-ring (bicyclic) bond motifs is 1. The third-order valence-corrected chi connectivity index (χ3v) is 6.40. The van der Waals surface area contributed by atoms with Crippen molar-refractivity contribution in [1.29, 1.82) is 0 Å². The van der Waals surface area contributed by atoms with Crippen molar-refractivity contribution >= 4 is 44.8 Å². The Labute approximate surface area is 181 Å². The van der Waals surface area contributed by atoms with Gasteiger partial charge in [-0.3, -0.25) is 4.79 Å². The Morgan fingerprint density at radius 2 is 2.00 bits per heavy atom. The number of hydrogen-bond donors (Lipinski definition) is 2. The zero-order chi connectivity index (χ0) is 20.6. The predicted molar refractivity (Wildman–Crippen MR) is 114 cm³/mol. The van der Waals surface area contributed by atoms with Gasteiger partial charge in [-0.15, -0.1) is 0 Å². The topological polar surface area (TPSA) is 61.8 Å². The smallest absolute Gasteiger partial charge is 0.224 e. The SMILES string of the molecule is O=C1CCc2c(OCC3(O)CCN(c4ccc(Cl)cc4Br)CC3)ccc(F)c2N1. The molecule has 4 rings (SSSR count). The van der Waals surface area contributed by atoms with Crippen LogP contribution in [0.25, 0.3) is 0 Å². The van der Waals surface area contributed by atoms with Gasteiger partial charge in [0.2, 0.25) is 5.91 Å². The van der Waals surface area contributed by atoms with Gasteiger partial charge < -0.3 is 20.1 Å². The molecule has 2 aliphatic rings. The second-order valence-corrected chi connectivity index (χ2v) is 8.83. The number of nitrogens with one attached hydrogen (secondary N) is 1. The first kappa shape index (κ1) is 20.4. The Hall–Kier alpha value is -1.83. The monoisotopic (exact) mass is 482 g/mol. The van der Waals surface area contributed by atoms with E-state index in [0.717, 1.165) is 10.2 Å². The van der Waals surface area contributed by atoms with Crippen LogP contribution in [-0.2, 0) is 11.2 Å². The fraction of sp³-hybridized carbons (Fsp3) is 0.381. The lowest BCUT2D eigenvalue weighted by atomic mass is 9.92. The van der Waals surface area contributed by atoms with Crippen molar-refractivity contribution in [3.8, 4) is 5.75 Å². The fourth-order valence-corrected chi connectivity index (χ4v) is 4.75. The van der Waals surface area contributed by atoms with Gasteiger partial charge in [-0.05, 0) is 65.5 Å². The zero-order valence-electron chi connectivity index (χ0n) is 15.7. The van der Waals surface area contributed by atoms with Crippen molar-refractivity contribution in [3.05, 3.63) is 51.2 Å². The van der Waals surface area contributed by atoms with E-state index in [1.807, 2.05) is 18.2 Å². The van der Waals surface area contributed by atoms with E-state index in [-0.39, 0.29) is 18.2 Å². The first-order valence-electron chi connectivity index (χ1n) is 9.51. The summed E-state index contributed by atoms with van der Waals surface area (Å²) in [5, 5.41) is 14.2. The van der Waals surface area contributed by atoms with Gasteiger partial charge in [-0.1, -0.05) is 11.6 Å². The fourth-order valence-electron chi connectivity index (χ4n) is 3.82. The number of ether oxygens (including phenoxy) is 1. The summed E-state index contributed by atoms with van der Waals surface area (Å²) < 4.78 is 20.8. The van der Waals surface area contributed by atoms with Crippen molar-refractivity contribution in [2.24, 2.45) is 0 Å². The van der Waals surface area contributed by atoms with Crippen LogP contribution in [0, 0.1) is 5.82 Å². The van der Waals surface area contributed by atoms with E-state index in [9.17, 15) is 14.3 Å². The Balaban J connectivity index is 1.41. The molecule has 154 valence electrons. The summed E-state index contributed by atoms with van der Waals surface area (Å²) >= 11 is 9.56. The molecule has 1 fully saturated rings. The van der Waals surface area contributed by atoms with Gasteiger partial charge >= 0.3 is 0 Å². The highest BCUT2D eigenvalue weighted by Gasteiger charge is 2.34. The van der Waals surface area contributed by atoms with Crippen molar-refractivity contribution in [2.45, 2.75) is 31.3 Å². The van der Waals surface area contributed by atoms with E-state index in [2.05, 4.69) is 26.1 Å². The van der Waals surface area contributed by atoms with E-state index >= 15 is 0 Å². The lowest BCUT2D eigenvalue weighted by Gasteiger charge is -2.39. The first-order valence-corrected chi connectivity index (χ1v) is 10.7. The summed E-state index contributed by atoms with van der Waals surface area (Å²) in [5.74, 6) is -0.161. The molecule has 0 aromatic heterocycles. The van der Waals surface area contributed by atoms with Crippen LogP contribution >= 0.6 is 27.5 Å². The van der Waals surface area contributed by atoms with Gasteiger partial charge in [-0.2, -0.15) is 0 Å².